The maximum absolute atomic E-state index is 13.6. The Morgan fingerprint density at radius 3 is 2.12 bits per heavy atom. The quantitative estimate of drug-likeness (QED) is 0.647. The Hall–Kier alpha value is -2.57. The molecule has 0 aromatic heterocycles. The predicted octanol–water partition coefficient (Wildman–Crippen LogP) is 2.54. The van der Waals surface area contributed by atoms with Crippen molar-refractivity contribution in [2.24, 2.45) is 0 Å². The molecule has 8 nitrogen and oxygen atoms in total. The first-order valence-electron chi connectivity index (χ1n) is 9.77. The van der Waals surface area contributed by atoms with Crippen LogP contribution >= 0.6 is 0 Å². The second kappa shape index (κ2) is 9.12. The molecule has 1 unspecified atom stereocenters. The summed E-state index contributed by atoms with van der Waals surface area (Å²) in [6.07, 6.45) is 2.45. The Balaban J connectivity index is 1.79. The van der Waals surface area contributed by atoms with Crippen molar-refractivity contribution in [2.45, 2.75) is 30.7 Å². The van der Waals surface area contributed by atoms with Crippen LogP contribution in [0.3, 0.4) is 0 Å². The summed E-state index contributed by atoms with van der Waals surface area (Å²) in [7, 11) is -7.63. The average molecular weight is 488 g/mol. The van der Waals surface area contributed by atoms with Crippen LogP contribution in [-0.4, -0.2) is 52.4 Å². The fraction of sp³-hybridized carbons (Fsp3) is 0.350. The lowest BCUT2D eigenvalue weighted by Gasteiger charge is -2.28. The van der Waals surface area contributed by atoms with E-state index in [1.807, 2.05) is 0 Å². The number of halogens is 2. The number of rotatable bonds is 7. The highest BCUT2D eigenvalue weighted by molar-refractivity contribution is 7.92. The number of hydrogen-bond acceptors (Lipinski definition) is 5. The molecule has 0 bridgehead atoms. The van der Waals surface area contributed by atoms with Gasteiger partial charge in [0.1, 0.15) is 6.04 Å². The maximum atomic E-state index is 13.6. The van der Waals surface area contributed by atoms with Gasteiger partial charge in [0.15, 0.2) is 11.6 Å². The van der Waals surface area contributed by atoms with E-state index in [2.05, 4.69) is 5.32 Å². The first kappa shape index (κ1) is 24.1. The van der Waals surface area contributed by atoms with Crippen LogP contribution in [0.15, 0.2) is 47.4 Å². The van der Waals surface area contributed by atoms with Crippen LogP contribution in [0.4, 0.5) is 20.2 Å². The molecule has 1 saturated heterocycles. The first-order valence-corrected chi connectivity index (χ1v) is 13.1. The second-order valence-electron chi connectivity index (χ2n) is 7.46. The van der Waals surface area contributed by atoms with Crippen LogP contribution in [0.5, 0.6) is 0 Å². The molecular formula is C20H23F2N3O5S2. The monoisotopic (exact) mass is 487 g/mol. The van der Waals surface area contributed by atoms with Crippen molar-refractivity contribution >= 4 is 37.3 Å². The van der Waals surface area contributed by atoms with Gasteiger partial charge in [-0.15, -0.1) is 0 Å². The lowest BCUT2D eigenvalue weighted by atomic mass is 10.2. The molecule has 0 radical (unpaired) electrons. The molecule has 2 aromatic rings. The van der Waals surface area contributed by atoms with Gasteiger partial charge in [0.25, 0.3) is 0 Å². The van der Waals surface area contributed by atoms with E-state index in [9.17, 15) is 30.4 Å². The minimum absolute atomic E-state index is 0.0880. The van der Waals surface area contributed by atoms with Crippen molar-refractivity contribution in [1.82, 2.24) is 4.31 Å². The fourth-order valence-corrected chi connectivity index (χ4v) is 6.15. The Morgan fingerprint density at radius 2 is 1.59 bits per heavy atom. The Morgan fingerprint density at radius 1 is 1.00 bits per heavy atom. The number of carbonyl (C=O) groups is 1. The van der Waals surface area contributed by atoms with Crippen LogP contribution in [0, 0.1) is 11.6 Å². The van der Waals surface area contributed by atoms with Gasteiger partial charge in [0, 0.05) is 24.8 Å². The molecule has 1 aliphatic rings. The van der Waals surface area contributed by atoms with E-state index < -0.39 is 43.6 Å². The van der Waals surface area contributed by atoms with Crippen LogP contribution < -0.4 is 9.62 Å². The number of hydrogen-bond donors (Lipinski definition) is 1. The third-order valence-corrected chi connectivity index (χ3v) is 8.23. The van der Waals surface area contributed by atoms with Crippen LogP contribution in [0.1, 0.15) is 19.8 Å². The standard InChI is InChI=1S/C20H23F2N3O5S2/c1-14(25(31(2,27)28)16-7-10-18(21)19(22)13-16)20(26)23-15-5-8-17(9-6-15)32(29,30)24-11-3-4-12-24/h5-10,13-14H,3-4,11-12H2,1-2H3,(H,23,26). The lowest BCUT2D eigenvalue weighted by Crippen LogP contribution is -2.45. The summed E-state index contributed by atoms with van der Waals surface area (Å²) in [5.74, 6) is -3.14. The number of nitrogens with zero attached hydrogens (tertiary/aromatic N) is 2. The number of nitrogens with one attached hydrogen (secondary N) is 1. The van der Waals surface area contributed by atoms with Gasteiger partial charge in [-0.05, 0) is 56.2 Å². The smallest absolute Gasteiger partial charge is 0.247 e. The fourth-order valence-electron chi connectivity index (χ4n) is 3.47. The molecule has 1 aliphatic heterocycles. The normalized spacial score (nSPS) is 16.0. The van der Waals surface area contributed by atoms with Crippen LogP contribution in [-0.2, 0) is 24.8 Å². The van der Waals surface area contributed by atoms with E-state index >= 15 is 0 Å². The van der Waals surface area contributed by atoms with E-state index in [1.165, 1.54) is 35.5 Å². The summed E-state index contributed by atoms with van der Waals surface area (Å²) >= 11 is 0. The van der Waals surface area contributed by atoms with Gasteiger partial charge < -0.3 is 5.32 Å². The molecule has 0 saturated carbocycles. The molecule has 1 amide bonds. The van der Waals surface area contributed by atoms with Gasteiger partial charge in [-0.3, -0.25) is 9.10 Å². The third kappa shape index (κ3) is 5.08. The topological polar surface area (TPSA) is 104 Å². The molecule has 1 heterocycles. The minimum atomic E-state index is -4.02. The van der Waals surface area contributed by atoms with Crippen LogP contribution in [0.25, 0.3) is 0 Å². The Bertz CT molecular complexity index is 1210. The summed E-state index contributed by atoms with van der Waals surface area (Å²) in [5, 5.41) is 2.52. The molecular weight excluding hydrogens is 464 g/mol. The number of benzene rings is 2. The van der Waals surface area contributed by atoms with Crippen LogP contribution in [0.2, 0.25) is 0 Å². The van der Waals surface area contributed by atoms with Crippen molar-refractivity contribution in [1.29, 1.82) is 0 Å². The molecule has 0 spiro atoms. The van der Waals surface area contributed by atoms with E-state index in [0.717, 1.165) is 31.2 Å². The molecule has 3 rings (SSSR count). The average Bonchev–Trinajstić information content (AvgIpc) is 3.26. The van der Waals surface area contributed by atoms with Crippen molar-refractivity contribution < 1.29 is 30.4 Å². The zero-order valence-electron chi connectivity index (χ0n) is 17.5. The Kier molecular flexibility index (Phi) is 6.86. The Labute approximate surface area is 185 Å². The lowest BCUT2D eigenvalue weighted by molar-refractivity contribution is -0.116. The molecule has 2 aromatic carbocycles. The van der Waals surface area contributed by atoms with Crippen molar-refractivity contribution in [3.63, 3.8) is 0 Å². The number of anilines is 2. The van der Waals surface area contributed by atoms with E-state index in [4.69, 9.17) is 0 Å². The highest BCUT2D eigenvalue weighted by Crippen LogP contribution is 2.25. The van der Waals surface area contributed by atoms with Gasteiger partial charge in [-0.1, -0.05) is 0 Å². The van der Waals surface area contributed by atoms with Crippen molar-refractivity contribution in [3.05, 3.63) is 54.1 Å². The maximum Gasteiger partial charge on any atom is 0.247 e. The molecule has 32 heavy (non-hydrogen) atoms. The third-order valence-electron chi connectivity index (χ3n) is 5.07. The summed E-state index contributed by atoms with van der Waals surface area (Å²) < 4.78 is 78.7. The molecule has 1 fully saturated rings. The molecule has 174 valence electrons. The van der Waals surface area contributed by atoms with E-state index in [-0.39, 0.29) is 16.3 Å². The van der Waals surface area contributed by atoms with Gasteiger partial charge >= 0.3 is 0 Å². The zero-order chi connectivity index (χ0) is 23.7. The molecule has 0 aliphatic carbocycles. The SMILES string of the molecule is CC(C(=O)Nc1ccc(S(=O)(=O)N2CCCC2)cc1)N(c1ccc(F)c(F)c1)S(C)(=O)=O. The zero-order valence-corrected chi connectivity index (χ0v) is 19.1. The molecule has 1 N–H and O–H groups in total. The highest BCUT2D eigenvalue weighted by Gasteiger charge is 2.30. The first-order chi connectivity index (χ1) is 14.9. The number of amides is 1. The molecule has 12 heteroatoms. The number of sulfonamides is 2. The van der Waals surface area contributed by atoms with E-state index in [1.54, 1.807) is 0 Å². The van der Waals surface area contributed by atoms with Gasteiger partial charge in [-0.25, -0.2) is 25.6 Å². The van der Waals surface area contributed by atoms with E-state index in [0.29, 0.717) is 23.5 Å². The summed E-state index contributed by atoms with van der Waals surface area (Å²) in [4.78, 5) is 12.8. The minimum Gasteiger partial charge on any atom is -0.324 e. The van der Waals surface area contributed by atoms with Crippen molar-refractivity contribution in [3.8, 4) is 0 Å². The molecule has 1 atom stereocenters. The largest absolute Gasteiger partial charge is 0.324 e. The summed E-state index contributed by atoms with van der Waals surface area (Å²) in [5.41, 5.74) is 0.0436. The number of carbonyl (C=O) groups excluding carboxylic acids is 1. The summed E-state index contributed by atoms with van der Waals surface area (Å²) in [6.45, 7) is 2.22. The van der Waals surface area contributed by atoms with Gasteiger partial charge in [0.2, 0.25) is 26.0 Å². The second-order valence-corrected chi connectivity index (χ2v) is 11.3. The van der Waals surface area contributed by atoms with Crippen molar-refractivity contribution in [2.75, 3.05) is 29.0 Å². The van der Waals surface area contributed by atoms with Gasteiger partial charge in [0.05, 0.1) is 16.8 Å². The predicted molar refractivity (Wildman–Crippen MR) is 116 cm³/mol. The summed E-state index contributed by atoms with van der Waals surface area (Å²) in [6, 6.07) is 6.73. The van der Waals surface area contributed by atoms with Gasteiger partial charge in [-0.2, -0.15) is 4.31 Å². The highest BCUT2D eigenvalue weighted by atomic mass is 32.2.